The Morgan fingerprint density at radius 3 is 2.71 bits per heavy atom. The number of halogens is 1. The van der Waals surface area contributed by atoms with Gasteiger partial charge in [-0.15, -0.1) is 0 Å². The molecular weight excluding hydrogens is 305 g/mol. The van der Waals surface area contributed by atoms with Crippen molar-refractivity contribution in [2.24, 2.45) is 5.41 Å². The van der Waals surface area contributed by atoms with E-state index in [4.69, 9.17) is 0 Å². The zero-order valence-corrected chi connectivity index (χ0v) is 13.7. The molecule has 0 radical (unpaired) electrons. The van der Waals surface area contributed by atoms with Crippen molar-refractivity contribution in [3.8, 4) is 0 Å². The van der Waals surface area contributed by atoms with Gasteiger partial charge in [0.2, 0.25) is 5.95 Å². The molecule has 5 nitrogen and oxygen atoms in total. The summed E-state index contributed by atoms with van der Waals surface area (Å²) in [6.45, 7) is 5.01. The average molecular weight is 327 g/mol. The van der Waals surface area contributed by atoms with E-state index < -0.39 is 0 Å². The van der Waals surface area contributed by atoms with E-state index >= 15 is 0 Å². The predicted octanol–water partition coefficient (Wildman–Crippen LogP) is 2.50. The normalized spacial score (nSPS) is 24.6. The molecule has 0 aromatic carbocycles. The van der Waals surface area contributed by atoms with Gasteiger partial charge in [-0.1, -0.05) is 6.07 Å². The number of hydrogen-bond acceptors (Lipinski definition) is 5. The Bertz CT molecular complexity index is 678. The van der Waals surface area contributed by atoms with Crippen molar-refractivity contribution in [2.75, 3.05) is 31.1 Å². The summed E-state index contributed by atoms with van der Waals surface area (Å²) in [6.07, 6.45) is 7.94. The number of pyridine rings is 1. The summed E-state index contributed by atoms with van der Waals surface area (Å²) in [4.78, 5) is 17.5. The molecule has 2 aromatic rings. The Labute approximate surface area is 141 Å². The minimum atomic E-state index is -0.382. The molecule has 2 aromatic heterocycles. The molecule has 4 rings (SSSR count). The van der Waals surface area contributed by atoms with Crippen molar-refractivity contribution in [2.45, 2.75) is 25.8 Å². The van der Waals surface area contributed by atoms with Gasteiger partial charge in [-0.2, -0.15) is 0 Å². The van der Waals surface area contributed by atoms with Crippen LogP contribution in [0.2, 0.25) is 0 Å². The fourth-order valence-corrected chi connectivity index (χ4v) is 4.06. The number of anilines is 1. The van der Waals surface area contributed by atoms with Crippen molar-refractivity contribution >= 4 is 5.95 Å². The van der Waals surface area contributed by atoms with Crippen LogP contribution in [0.15, 0.2) is 36.8 Å². The van der Waals surface area contributed by atoms with Gasteiger partial charge in [-0.3, -0.25) is 9.88 Å². The summed E-state index contributed by atoms with van der Waals surface area (Å²) >= 11 is 0. The molecular formula is C18H22FN5. The average Bonchev–Trinajstić information content (AvgIpc) is 2.98. The van der Waals surface area contributed by atoms with Crippen molar-refractivity contribution in [1.29, 1.82) is 0 Å². The first-order chi connectivity index (χ1) is 11.7. The van der Waals surface area contributed by atoms with Crippen LogP contribution in [0.1, 0.15) is 25.0 Å². The first-order valence-electron chi connectivity index (χ1n) is 8.57. The minimum absolute atomic E-state index is 0.296. The lowest BCUT2D eigenvalue weighted by Gasteiger charge is -2.40. The van der Waals surface area contributed by atoms with Crippen LogP contribution in [0.5, 0.6) is 0 Å². The van der Waals surface area contributed by atoms with E-state index in [2.05, 4.69) is 30.8 Å². The van der Waals surface area contributed by atoms with Gasteiger partial charge in [0, 0.05) is 37.8 Å². The number of piperidine rings is 1. The second-order valence-electron chi connectivity index (χ2n) is 7.01. The lowest BCUT2D eigenvalue weighted by Crippen LogP contribution is -2.45. The Morgan fingerprint density at radius 2 is 1.92 bits per heavy atom. The van der Waals surface area contributed by atoms with Gasteiger partial charge in [0.1, 0.15) is 0 Å². The van der Waals surface area contributed by atoms with E-state index in [1.54, 1.807) is 0 Å². The lowest BCUT2D eigenvalue weighted by atomic mass is 9.79. The van der Waals surface area contributed by atoms with Crippen molar-refractivity contribution in [1.82, 2.24) is 19.9 Å². The van der Waals surface area contributed by atoms with E-state index in [0.29, 0.717) is 11.4 Å². The third-order valence-corrected chi connectivity index (χ3v) is 5.18. The highest BCUT2D eigenvalue weighted by molar-refractivity contribution is 5.30. The van der Waals surface area contributed by atoms with Crippen LogP contribution in [0.4, 0.5) is 10.3 Å². The van der Waals surface area contributed by atoms with Crippen molar-refractivity contribution < 1.29 is 4.39 Å². The Morgan fingerprint density at radius 1 is 1.04 bits per heavy atom. The minimum Gasteiger partial charge on any atom is -0.340 e. The van der Waals surface area contributed by atoms with Crippen molar-refractivity contribution in [3.05, 3.63) is 48.3 Å². The molecule has 1 spiro atoms. The molecule has 24 heavy (non-hydrogen) atoms. The molecule has 2 saturated heterocycles. The van der Waals surface area contributed by atoms with Gasteiger partial charge >= 0.3 is 0 Å². The molecule has 0 saturated carbocycles. The summed E-state index contributed by atoms with van der Waals surface area (Å²) in [7, 11) is 0. The monoisotopic (exact) mass is 327 g/mol. The van der Waals surface area contributed by atoms with Gasteiger partial charge in [0.25, 0.3) is 0 Å². The van der Waals surface area contributed by atoms with Crippen molar-refractivity contribution in [3.63, 3.8) is 0 Å². The fourth-order valence-electron chi connectivity index (χ4n) is 4.06. The first-order valence-corrected chi connectivity index (χ1v) is 8.57. The maximum absolute atomic E-state index is 13.1. The second kappa shape index (κ2) is 6.43. The van der Waals surface area contributed by atoms with Crippen LogP contribution in [-0.4, -0.2) is 46.0 Å². The quantitative estimate of drug-likeness (QED) is 0.867. The van der Waals surface area contributed by atoms with Crippen LogP contribution >= 0.6 is 0 Å². The fraction of sp³-hybridized carbons (Fsp3) is 0.500. The molecule has 2 aliphatic rings. The molecule has 6 heteroatoms. The van der Waals surface area contributed by atoms with E-state index in [1.807, 2.05) is 18.3 Å². The highest BCUT2D eigenvalue weighted by Gasteiger charge is 2.41. The molecule has 0 bridgehead atoms. The largest absolute Gasteiger partial charge is 0.340 e. The zero-order valence-electron chi connectivity index (χ0n) is 13.7. The highest BCUT2D eigenvalue weighted by atomic mass is 19.1. The molecule has 0 amide bonds. The first kappa shape index (κ1) is 15.4. The van der Waals surface area contributed by atoms with Gasteiger partial charge in [-0.25, -0.2) is 14.4 Å². The SMILES string of the molecule is Fc1cnc(N2CCCC3(CCN(Cc4ccccn4)C3)C2)nc1. The van der Waals surface area contributed by atoms with Crippen LogP contribution in [0.25, 0.3) is 0 Å². The molecule has 2 aliphatic heterocycles. The standard InChI is InChI=1S/C18H22FN5/c19-15-10-21-17(22-11-15)24-8-3-5-18(14-24)6-9-23(13-18)12-16-4-1-2-7-20-16/h1-2,4,7,10-11H,3,5-6,8-9,12-14H2. The Kier molecular flexibility index (Phi) is 4.14. The molecule has 0 aliphatic carbocycles. The molecule has 2 fully saturated rings. The molecule has 0 N–H and O–H groups in total. The summed E-state index contributed by atoms with van der Waals surface area (Å²) in [5.41, 5.74) is 1.43. The maximum atomic E-state index is 13.1. The van der Waals surface area contributed by atoms with Gasteiger partial charge in [0.05, 0.1) is 18.1 Å². The number of rotatable bonds is 3. The van der Waals surface area contributed by atoms with E-state index in [-0.39, 0.29) is 5.82 Å². The Balaban J connectivity index is 1.43. The van der Waals surface area contributed by atoms with Gasteiger partial charge in [-0.05, 0) is 37.9 Å². The van der Waals surface area contributed by atoms with E-state index in [1.165, 1.54) is 25.2 Å². The molecule has 4 heterocycles. The van der Waals surface area contributed by atoms with Crippen LogP contribution in [0.3, 0.4) is 0 Å². The number of hydrogen-bond donors (Lipinski definition) is 0. The highest BCUT2D eigenvalue weighted by Crippen LogP contribution is 2.40. The number of aromatic nitrogens is 3. The third-order valence-electron chi connectivity index (χ3n) is 5.18. The lowest BCUT2D eigenvalue weighted by molar-refractivity contribution is 0.214. The van der Waals surface area contributed by atoms with E-state index in [9.17, 15) is 4.39 Å². The molecule has 1 atom stereocenters. The smallest absolute Gasteiger partial charge is 0.225 e. The summed E-state index contributed by atoms with van der Waals surface area (Å²) in [5, 5.41) is 0. The number of likely N-dealkylation sites (tertiary alicyclic amines) is 1. The van der Waals surface area contributed by atoms with Crippen LogP contribution < -0.4 is 4.90 Å². The summed E-state index contributed by atoms with van der Waals surface area (Å²) in [5.74, 6) is 0.270. The topological polar surface area (TPSA) is 45.2 Å². The van der Waals surface area contributed by atoms with Gasteiger partial charge in [0.15, 0.2) is 5.82 Å². The molecule has 1 unspecified atom stereocenters. The zero-order chi connectivity index (χ0) is 16.4. The van der Waals surface area contributed by atoms with E-state index in [0.717, 1.165) is 44.8 Å². The predicted molar refractivity (Wildman–Crippen MR) is 90.0 cm³/mol. The number of nitrogens with zero attached hydrogens (tertiary/aromatic N) is 5. The Hall–Kier alpha value is -2.08. The molecule has 126 valence electrons. The van der Waals surface area contributed by atoms with Crippen LogP contribution in [-0.2, 0) is 6.54 Å². The summed E-state index contributed by atoms with van der Waals surface area (Å²) in [6, 6.07) is 6.09. The summed E-state index contributed by atoms with van der Waals surface area (Å²) < 4.78 is 13.1. The van der Waals surface area contributed by atoms with Gasteiger partial charge < -0.3 is 4.90 Å². The second-order valence-corrected chi connectivity index (χ2v) is 7.01. The third kappa shape index (κ3) is 3.24. The maximum Gasteiger partial charge on any atom is 0.225 e. The van der Waals surface area contributed by atoms with Crippen LogP contribution in [0, 0.1) is 11.2 Å².